The third kappa shape index (κ3) is 6.02. The van der Waals surface area contributed by atoms with Crippen LogP contribution in [0.4, 0.5) is 0 Å². The zero-order valence-corrected chi connectivity index (χ0v) is 17.1. The van der Waals surface area contributed by atoms with Gasteiger partial charge in [-0.05, 0) is 75.4 Å². The average Bonchev–Trinajstić information content (AvgIpc) is 2.64. The molecule has 0 saturated carbocycles. The summed E-state index contributed by atoms with van der Waals surface area (Å²) in [6.07, 6.45) is 1.22. The Labute approximate surface area is 162 Å². The van der Waals surface area contributed by atoms with Gasteiger partial charge < -0.3 is 14.8 Å². The number of carbonyl (C=O) groups is 1. The van der Waals surface area contributed by atoms with Gasteiger partial charge in [-0.2, -0.15) is 0 Å². The molecule has 4 nitrogen and oxygen atoms in total. The maximum atomic E-state index is 12.4. The fourth-order valence-corrected chi connectivity index (χ4v) is 2.95. The lowest BCUT2D eigenvalue weighted by Gasteiger charge is -2.17. The molecule has 2 aromatic carbocycles. The van der Waals surface area contributed by atoms with Crippen molar-refractivity contribution in [1.29, 1.82) is 0 Å². The van der Waals surface area contributed by atoms with Gasteiger partial charge in [-0.25, -0.2) is 0 Å². The van der Waals surface area contributed by atoms with Crippen molar-refractivity contribution in [2.24, 2.45) is 0 Å². The van der Waals surface area contributed by atoms with Crippen molar-refractivity contribution in [3.05, 3.63) is 58.7 Å². The summed E-state index contributed by atoms with van der Waals surface area (Å²) in [5.74, 6) is 1.50. The topological polar surface area (TPSA) is 47.6 Å². The van der Waals surface area contributed by atoms with Gasteiger partial charge >= 0.3 is 0 Å². The highest BCUT2D eigenvalue weighted by atomic mass is 16.5. The molecule has 0 spiro atoms. The van der Waals surface area contributed by atoms with Gasteiger partial charge in [-0.15, -0.1) is 0 Å². The molecule has 0 radical (unpaired) electrons. The first-order chi connectivity index (χ1) is 12.9. The van der Waals surface area contributed by atoms with E-state index in [1.54, 1.807) is 0 Å². The lowest BCUT2D eigenvalue weighted by Crippen LogP contribution is -2.26. The largest absolute Gasteiger partial charge is 0.490 e. The summed E-state index contributed by atoms with van der Waals surface area (Å²) in [5, 5.41) is 3.08. The van der Waals surface area contributed by atoms with Crippen LogP contribution in [0.25, 0.3) is 0 Å². The van der Waals surface area contributed by atoms with Crippen molar-refractivity contribution in [2.45, 2.75) is 53.5 Å². The van der Waals surface area contributed by atoms with E-state index in [1.807, 2.05) is 39.0 Å². The summed E-state index contributed by atoms with van der Waals surface area (Å²) in [4.78, 5) is 12.4. The molecule has 4 heteroatoms. The Balaban J connectivity index is 1.96. The summed E-state index contributed by atoms with van der Waals surface area (Å²) in [6, 6.07) is 12.1. The van der Waals surface area contributed by atoms with Gasteiger partial charge in [-0.3, -0.25) is 4.79 Å². The van der Waals surface area contributed by atoms with Crippen LogP contribution in [0.2, 0.25) is 0 Å². The van der Waals surface area contributed by atoms with Gasteiger partial charge in [0, 0.05) is 6.42 Å². The van der Waals surface area contributed by atoms with Crippen molar-refractivity contribution in [3.8, 4) is 11.5 Å². The highest BCUT2D eigenvalue weighted by Gasteiger charge is 2.13. The van der Waals surface area contributed by atoms with Crippen LogP contribution in [-0.4, -0.2) is 19.1 Å². The Hall–Kier alpha value is -2.49. The summed E-state index contributed by atoms with van der Waals surface area (Å²) < 4.78 is 11.3. The smallest absolute Gasteiger partial charge is 0.220 e. The van der Waals surface area contributed by atoms with Gasteiger partial charge in [0.1, 0.15) is 0 Å². The van der Waals surface area contributed by atoms with Crippen LogP contribution in [0.3, 0.4) is 0 Å². The molecule has 0 aliphatic heterocycles. The summed E-state index contributed by atoms with van der Waals surface area (Å²) >= 11 is 0. The molecule has 0 aromatic heterocycles. The molecule has 27 heavy (non-hydrogen) atoms. The number of benzene rings is 2. The van der Waals surface area contributed by atoms with Crippen LogP contribution >= 0.6 is 0 Å². The number of ether oxygens (including phenoxy) is 2. The normalized spacial score (nSPS) is 11.7. The molecule has 1 N–H and O–H groups in total. The predicted octanol–water partition coefficient (Wildman–Crippen LogP) is 4.91. The lowest BCUT2D eigenvalue weighted by atomic mass is 10.0. The van der Waals surface area contributed by atoms with Crippen LogP contribution in [-0.2, 0) is 11.2 Å². The zero-order chi connectivity index (χ0) is 19.8. The minimum Gasteiger partial charge on any atom is -0.490 e. The fraction of sp³-hybridized carbons (Fsp3) is 0.435. The monoisotopic (exact) mass is 369 g/mol. The molecule has 0 saturated heterocycles. The first kappa shape index (κ1) is 20.8. The molecule has 2 rings (SSSR count). The van der Waals surface area contributed by atoms with E-state index in [4.69, 9.17) is 9.47 Å². The van der Waals surface area contributed by atoms with E-state index in [9.17, 15) is 4.79 Å². The van der Waals surface area contributed by atoms with E-state index < -0.39 is 0 Å². The van der Waals surface area contributed by atoms with Gasteiger partial charge in [-0.1, -0.05) is 24.3 Å². The van der Waals surface area contributed by atoms with E-state index in [1.165, 1.54) is 16.7 Å². The molecule has 0 heterocycles. The third-order valence-corrected chi connectivity index (χ3v) is 4.66. The van der Waals surface area contributed by atoms with Crippen LogP contribution in [0.5, 0.6) is 11.5 Å². The number of hydrogen-bond donors (Lipinski definition) is 1. The molecule has 1 amide bonds. The lowest BCUT2D eigenvalue weighted by molar-refractivity contribution is -0.121. The number of aryl methyl sites for hydroxylation is 3. The Kier molecular flexibility index (Phi) is 7.71. The fourth-order valence-electron chi connectivity index (χ4n) is 2.95. The first-order valence-corrected chi connectivity index (χ1v) is 9.69. The zero-order valence-electron chi connectivity index (χ0n) is 17.1. The summed E-state index contributed by atoms with van der Waals surface area (Å²) in [5.41, 5.74) is 4.73. The van der Waals surface area contributed by atoms with Gasteiger partial charge in [0.2, 0.25) is 5.91 Å². The number of carbonyl (C=O) groups excluding carboxylic acids is 1. The first-order valence-electron chi connectivity index (χ1n) is 9.69. The molecule has 0 aliphatic carbocycles. The molecule has 1 atom stereocenters. The third-order valence-electron chi connectivity index (χ3n) is 4.66. The van der Waals surface area contributed by atoms with Crippen molar-refractivity contribution in [1.82, 2.24) is 5.32 Å². The molecule has 2 aromatic rings. The van der Waals surface area contributed by atoms with E-state index in [0.29, 0.717) is 25.4 Å². The number of amides is 1. The van der Waals surface area contributed by atoms with Gasteiger partial charge in [0.15, 0.2) is 11.5 Å². The molecule has 0 unspecified atom stereocenters. The van der Waals surface area contributed by atoms with Crippen molar-refractivity contribution < 1.29 is 14.3 Å². The molecular weight excluding hydrogens is 338 g/mol. The van der Waals surface area contributed by atoms with Crippen LogP contribution in [0, 0.1) is 13.8 Å². The average molecular weight is 370 g/mol. The molecule has 0 bridgehead atoms. The second-order valence-corrected chi connectivity index (χ2v) is 6.78. The quantitative estimate of drug-likeness (QED) is 0.683. The molecule has 0 aliphatic rings. The van der Waals surface area contributed by atoms with Crippen molar-refractivity contribution >= 4 is 5.91 Å². The van der Waals surface area contributed by atoms with E-state index in [2.05, 4.69) is 37.4 Å². The Bertz CT molecular complexity index is 770. The Morgan fingerprint density at radius 2 is 1.67 bits per heavy atom. The highest BCUT2D eigenvalue weighted by molar-refractivity contribution is 5.76. The standard InChI is InChI=1S/C23H31NO3/c1-6-26-21-12-11-20(15-22(21)27-7-2)18(5)24-23(25)13-10-19-9-8-16(3)17(4)14-19/h8-9,11-12,14-15,18H,6-7,10,13H2,1-5H3,(H,24,25)/t18-/m1/s1. The van der Waals surface area contributed by atoms with Crippen molar-refractivity contribution in [3.63, 3.8) is 0 Å². The minimum atomic E-state index is -0.0906. The molecule has 146 valence electrons. The SMILES string of the molecule is CCOc1ccc([C@@H](C)NC(=O)CCc2ccc(C)c(C)c2)cc1OCC. The van der Waals surface area contributed by atoms with Gasteiger partial charge in [0.25, 0.3) is 0 Å². The second-order valence-electron chi connectivity index (χ2n) is 6.78. The Morgan fingerprint density at radius 3 is 2.33 bits per heavy atom. The van der Waals surface area contributed by atoms with E-state index >= 15 is 0 Å². The van der Waals surface area contributed by atoms with Crippen LogP contribution in [0.1, 0.15) is 55.5 Å². The number of hydrogen-bond acceptors (Lipinski definition) is 3. The maximum Gasteiger partial charge on any atom is 0.220 e. The van der Waals surface area contributed by atoms with Crippen LogP contribution < -0.4 is 14.8 Å². The minimum absolute atomic E-state index is 0.0487. The molecule has 0 fully saturated rings. The highest BCUT2D eigenvalue weighted by Crippen LogP contribution is 2.30. The maximum absolute atomic E-state index is 12.4. The van der Waals surface area contributed by atoms with E-state index in [0.717, 1.165) is 17.7 Å². The van der Waals surface area contributed by atoms with Crippen molar-refractivity contribution in [2.75, 3.05) is 13.2 Å². The summed E-state index contributed by atoms with van der Waals surface area (Å²) in [6.45, 7) is 11.2. The number of nitrogens with one attached hydrogen (secondary N) is 1. The number of rotatable bonds is 9. The van der Waals surface area contributed by atoms with E-state index in [-0.39, 0.29) is 11.9 Å². The van der Waals surface area contributed by atoms with Gasteiger partial charge in [0.05, 0.1) is 19.3 Å². The Morgan fingerprint density at radius 1 is 0.963 bits per heavy atom. The second kappa shape index (κ2) is 10.0. The van der Waals surface area contributed by atoms with Crippen LogP contribution in [0.15, 0.2) is 36.4 Å². The molecular formula is C23H31NO3. The summed E-state index contributed by atoms with van der Waals surface area (Å²) in [7, 11) is 0. The predicted molar refractivity (Wildman–Crippen MR) is 110 cm³/mol.